The van der Waals surface area contributed by atoms with Crippen molar-refractivity contribution in [2.24, 2.45) is 5.92 Å². The number of nitrogens with one attached hydrogen (secondary N) is 3. The zero-order valence-corrected chi connectivity index (χ0v) is 21.3. The quantitative estimate of drug-likeness (QED) is 0.257. The number of halogens is 1. The summed E-state index contributed by atoms with van der Waals surface area (Å²) in [4.78, 5) is 33.7. The molecular weight excluding hydrogens is 504 g/mol. The molecule has 1 aliphatic heterocycles. The van der Waals surface area contributed by atoms with Crippen molar-refractivity contribution in [1.29, 1.82) is 0 Å². The first-order chi connectivity index (χ1) is 18.5. The first-order valence-electron chi connectivity index (χ1n) is 12.1. The molecule has 3 heterocycles. The summed E-state index contributed by atoms with van der Waals surface area (Å²) in [5, 5.41) is 17.7. The molecule has 0 fully saturated rings. The predicted molar refractivity (Wildman–Crippen MR) is 146 cm³/mol. The second-order valence-corrected chi connectivity index (χ2v) is 9.38. The number of nitrogens with zero attached hydrogens (tertiary/aromatic N) is 5. The number of H-pyrrole nitrogens is 1. The summed E-state index contributed by atoms with van der Waals surface area (Å²) < 4.78 is 1.49. The third-order valence-electron chi connectivity index (χ3n) is 6.01. The average Bonchev–Trinajstić information content (AvgIpc) is 3.58. The van der Waals surface area contributed by atoms with E-state index in [1.54, 1.807) is 42.6 Å². The fourth-order valence-electron chi connectivity index (χ4n) is 4.26. The molecule has 2 aromatic heterocycles. The van der Waals surface area contributed by atoms with Gasteiger partial charge in [0, 0.05) is 35.1 Å². The smallest absolute Gasteiger partial charge is 0.248 e. The Bertz CT molecular complexity index is 1520. The molecule has 0 aliphatic carbocycles. The van der Waals surface area contributed by atoms with E-state index in [9.17, 15) is 9.59 Å². The van der Waals surface area contributed by atoms with Crippen LogP contribution in [0.4, 0.5) is 11.4 Å². The van der Waals surface area contributed by atoms with Crippen LogP contribution in [0.1, 0.15) is 31.2 Å². The van der Waals surface area contributed by atoms with Gasteiger partial charge in [0.15, 0.2) is 0 Å². The Morgan fingerprint density at radius 1 is 1.26 bits per heavy atom. The van der Waals surface area contributed by atoms with Crippen LogP contribution in [0, 0.1) is 5.92 Å². The minimum atomic E-state index is -0.368. The normalized spacial score (nSPS) is 15.7. The number of rotatable bonds is 4. The highest BCUT2D eigenvalue weighted by Gasteiger charge is 2.18. The zero-order chi connectivity index (χ0) is 26.5. The number of aromatic nitrogens is 6. The molecule has 10 nitrogen and oxygen atoms in total. The minimum Gasteiger partial charge on any atom is -0.342 e. The van der Waals surface area contributed by atoms with Crippen LogP contribution in [0.3, 0.4) is 0 Å². The molecule has 4 aromatic rings. The maximum atomic E-state index is 13.0. The fourth-order valence-corrected chi connectivity index (χ4v) is 4.44. The molecular formula is C27H25ClN8O2. The van der Waals surface area contributed by atoms with E-state index < -0.39 is 0 Å². The molecule has 1 aliphatic rings. The van der Waals surface area contributed by atoms with Crippen molar-refractivity contribution in [2.75, 3.05) is 10.6 Å². The van der Waals surface area contributed by atoms with E-state index in [0.29, 0.717) is 45.3 Å². The largest absolute Gasteiger partial charge is 0.342 e. The van der Waals surface area contributed by atoms with Gasteiger partial charge in [0.05, 0.1) is 29.0 Å². The van der Waals surface area contributed by atoms with Crippen molar-refractivity contribution >= 4 is 40.9 Å². The van der Waals surface area contributed by atoms with Crippen LogP contribution in [0.25, 0.3) is 23.0 Å². The fraction of sp³-hybridized carbons (Fsp3) is 0.185. The van der Waals surface area contributed by atoms with Crippen molar-refractivity contribution in [3.63, 3.8) is 0 Å². The van der Waals surface area contributed by atoms with Gasteiger partial charge in [-0.05, 0) is 59.2 Å². The van der Waals surface area contributed by atoms with Crippen LogP contribution < -0.4 is 10.6 Å². The molecule has 11 heteroatoms. The molecule has 5 rings (SSSR count). The van der Waals surface area contributed by atoms with Gasteiger partial charge in [0.25, 0.3) is 0 Å². The maximum absolute atomic E-state index is 13.0. The number of aryl methyl sites for hydroxylation is 1. The third kappa shape index (κ3) is 5.87. The van der Waals surface area contributed by atoms with Gasteiger partial charge in [-0.2, -0.15) is 4.68 Å². The van der Waals surface area contributed by atoms with E-state index in [1.165, 1.54) is 17.1 Å². The Morgan fingerprint density at radius 3 is 3.00 bits per heavy atom. The van der Waals surface area contributed by atoms with Gasteiger partial charge in [-0.15, -0.1) is 5.10 Å². The van der Waals surface area contributed by atoms with Gasteiger partial charge < -0.3 is 15.6 Å². The van der Waals surface area contributed by atoms with Crippen molar-refractivity contribution in [2.45, 2.75) is 26.2 Å². The molecule has 0 spiro atoms. The lowest BCUT2D eigenvalue weighted by Crippen LogP contribution is -2.16. The van der Waals surface area contributed by atoms with Gasteiger partial charge in [-0.1, -0.05) is 36.7 Å². The Balaban J connectivity index is 1.45. The van der Waals surface area contributed by atoms with Crippen LogP contribution >= 0.6 is 11.6 Å². The van der Waals surface area contributed by atoms with Crippen molar-refractivity contribution in [3.05, 3.63) is 83.6 Å². The van der Waals surface area contributed by atoms with E-state index in [-0.39, 0.29) is 17.7 Å². The molecule has 3 N–H and O–H groups in total. The molecule has 38 heavy (non-hydrogen) atoms. The standard InChI is InChI=1S/C27H25ClN8O2/c1-17-5-2-3-8-24-29-15-22(31-24)27-20(6-4-7-21(27)33-26(38)13-17)32-25(37)12-9-18-14-19(28)10-11-23(18)36-16-30-34-35-36/h2,4-7,9-12,14-17H,3,8,13H2,1H3,(H,29,31)(H,32,37)(H,33,38)/t17-/m1/s1. The summed E-state index contributed by atoms with van der Waals surface area (Å²) in [5.41, 5.74) is 3.78. The number of hydrogen-bond donors (Lipinski definition) is 3. The first-order valence-corrected chi connectivity index (χ1v) is 12.5. The molecule has 2 amide bonds. The predicted octanol–water partition coefficient (Wildman–Crippen LogP) is 4.82. The van der Waals surface area contributed by atoms with E-state index in [4.69, 9.17) is 11.6 Å². The number of carbonyl (C=O) groups is 2. The average molecular weight is 529 g/mol. The van der Waals surface area contributed by atoms with Gasteiger partial charge in [0.1, 0.15) is 12.2 Å². The Morgan fingerprint density at radius 2 is 2.16 bits per heavy atom. The van der Waals surface area contributed by atoms with Gasteiger partial charge in [0.2, 0.25) is 11.8 Å². The number of imidazole rings is 1. The van der Waals surface area contributed by atoms with Gasteiger partial charge >= 0.3 is 0 Å². The SMILES string of the molecule is C[C@@H]1C=CCCc2ncc([nH]2)-c2c(NC(=O)C=Cc3cc(Cl)ccc3-n3cnnn3)cccc2NC(=O)C1. The lowest BCUT2D eigenvalue weighted by molar-refractivity contribution is -0.116. The minimum absolute atomic E-state index is 0.100. The highest BCUT2D eigenvalue weighted by atomic mass is 35.5. The molecule has 1 atom stereocenters. The number of benzene rings is 2. The number of allylic oxidation sites excluding steroid dienone is 2. The number of amides is 2. The Labute approximate surface area is 223 Å². The highest BCUT2D eigenvalue weighted by molar-refractivity contribution is 6.30. The summed E-state index contributed by atoms with van der Waals surface area (Å²) >= 11 is 6.19. The van der Waals surface area contributed by atoms with E-state index in [2.05, 4.69) is 48.3 Å². The topological polar surface area (TPSA) is 130 Å². The maximum Gasteiger partial charge on any atom is 0.248 e. The number of hydrogen-bond acceptors (Lipinski definition) is 6. The van der Waals surface area contributed by atoms with Crippen molar-refractivity contribution in [3.8, 4) is 16.9 Å². The lowest BCUT2D eigenvalue weighted by Gasteiger charge is -2.16. The molecule has 2 bridgehead atoms. The second-order valence-electron chi connectivity index (χ2n) is 8.95. The van der Waals surface area contributed by atoms with E-state index in [0.717, 1.165) is 18.7 Å². The molecule has 0 radical (unpaired) electrons. The Kier molecular flexibility index (Phi) is 7.41. The summed E-state index contributed by atoms with van der Waals surface area (Å²) in [6.07, 6.45) is 12.3. The number of anilines is 2. The zero-order valence-electron chi connectivity index (χ0n) is 20.6. The van der Waals surface area contributed by atoms with Crippen LogP contribution in [-0.4, -0.2) is 42.0 Å². The molecule has 192 valence electrons. The van der Waals surface area contributed by atoms with Crippen LogP contribution in [0.15, 0.2) is 67.2 Å². The van der Waals surface area contributed by atoms with Crippen LogP contribution in [0.5, 0.6) is 0 Å². The van der Waals surface area contributed by atoms with E-state index in [1.807, 2.05) is 13.0 Å². The lowest BCUT2D eigenvalue weighted by atomic mass is 10.0. The van der Waals surface area contributed by atoms with Crippen molar-refractivity contribution < 1.29 is 9.59 Å². The number of fused-ring (bicyclic) bond motifs is 4. The second kappa shape index (κ2) is 11.2. The third-order valence-corrected chi connectivity index (χ3v) is 6.25. The molecule has 2 aromatic carbocycles. The van der Waals surface area contributed by atoms with Crippen molar-refractivity contribution in [1.82, 2.24) is 30.2 Å². The summed E-state index contributed by atoms with van der Waals surface area (Å²) in [6.45, 7) is 2.01. The summed E-state index contributed by atoms with van der Waals surface area (Å²) in [6, 6.07) is 10.6. The number of carbonyl (C=O) groups excluding carboxylic acids is 2. The van der Waals surface area contributed by atoms with Gasteiger partial charge in [-0.3, -0.25) is 9.59 Å². The first kappa shape index (κ1) is 25.1. The van der Waals surface area contributed by atoms with Crippen LogP contribution in [0.2, 0.25) is 5.02 Å². The number of aromatic amines is 1. The summed E-state index contributed by atoms with van der Waals surface area (Å²) in [7, 11) is 0. The number of tetrazole rings is 1. The highest BCUT2D eigenvalue weighted by Crippen LogP contribution is 2.35. The van der Waals surface area contributed by atoms with Crippen LogP contribution in [-0.2, 0) is 16.0 Å². The molecule has 0 unspecified atom stereocenters. The molecule has 0 saturated carbocycles. The monoisotopic (exact) mass is 528 g/mol. The molecule has 0 saturated heterocycles. The van der Waals surface area contributed by atoms with E-state index >= 15 is 0 Å². The van der Waals surface area contributed by atoms with Gasteiger partial charge in [-0.25, -0.2) is 4.98 Å². The Hall–Kier alpha value is -4.57. The summed E-state index contributed by atoms with van der Waals surface area (Å²) in [5.74, 6) is 0.448.